The number of sulfone groups is 1. The Balaban J connectivity index is 3.35. The van der Waals surface area contributed by atoms with Gasteiger partial charge in [-0.25, -0.2) is 13.2 Å². The highest BCUT2D eigenvalue weighted by molar-refractivity contribution is 7.91. The van der Waals surface area contributed by atoms with Gasteiger partial charge in [-0.15, -0.1) is 0 Å². The molecule has 0 amide bonds. The lowest BCUT2D eigenvalue weighted by Crippen LogP contribution is -2.29. The zero-order chi connectivity index (χ0) is 12.6. The second-order valence-corrected chi connectivity index (χ2v) is 6.58. The van der Waals surface area contributed by atoms with E-state index in [0.29, 0.717) is 0 Å². The number of nitrogens with zero attached hydrogens (tertiary/aromatic N) is 1. The molecule has 1 aromatic rings. The fraction of sp³-hybridized carbons (Fsp3) is 0.400. The molecular formula is C10H13NO4S. The third-order valence-corrected chi connectivity index (χ3v) is 4.61. The molecule has 1 heterocycles. The lowest BCUT2D eigenvalue weighted by Gasteiger charge is -2.21. The van der Waals surface area contributed by atoms with Gasteiger partial charge in [-0.1, -0.05) is 0 Å². The van der Waals surface area contributed by atoms with Crippen molar-refractivity contribution in [2.45, 2.75) is 18.6 Å². The minimum atomic E-state index is -3.35. The molecule has 0 unspecified atom stereocenters. The molecule has 1 N–H and O–H groups in total. The molecule has 0 spiro atoms. The summed E-state index contributed by atoms with van der Waals surface area (Å²) in [6.45, 7) is 2.99. The van der Waals surface area contributed by atoms with Crippen LogP contribution in [0.4, 0.5) is 0 Å². The third-order valence-electron chi connectivity index (χ3n) is 2.55. The summed E-state index contributed by atoms with van der Waals surface area (Å²) in [5.41, 5.74) is 0.261. The maximum absolute atomic E-state index is 11.5. The molecule has 0 aliphatic carbocycles. The molecule has 88 valence electrons. The lowest BCUT2D eigenvalue weighted by atomic mass is 10.1. The predicted octanol–water partition coefficient (Wildman–Crippen LogP) is 1.06. The Morgan fingerprint density at radius 2 is 2.00 bits per heavy atom. The van der Waals surface area contributed by atoms with Crippen LogP contribution < -0.4 is 0 Å². The standard InChI is InChI=1S/C10H13NO4S/c1-10(2,16(3,14)15)8-6-7(9(12)13)4-5-11-8/h4-6H,1-3H3,(H,12,13). The van der Waals surface area contributed by atoms with Crippen LogP contribution in [0.2, 0.25) is 0 Å². The van der Waals surface area contributed by atoms with E-state index in [1.165, 1.54) is 32.2 Å². The van der Waals surface area contributed by atoms with E-state index in [0.717, 1.165) is 6.26 Å². The Labute approximate surface area is 94.1 Å². The Morgan fingerprint density at radius 1 is 1.44 bits per heavy atom. The first-order valence-corrected chi connectivity index (χ1v) is 6.45. The Bertz CT molecular complexity index is 519. The van der Waals surface area contributed by atoms with Gasteiger partial charge >= 0.3 is 5.97 Å². The predicted molar refractivity (Wildman–Crippen MR) is 59.1 cm³/mol. The van der Waals surface area contributed by atoms with Crippen LogP contribution in [0.3, 0.4) is 0 Å². The highest BCUT2D eigenvalue weighted by Gasteiger charge is 2.34. The maximum Gasteiger partial charge on any atom is 0.335 e. The number of pyridine rings is 1. The lowest BCUT2D eigenvalue weighted by molar-refractivity contribution is 0.0696. The van der Waals surface area contributed by atoms with Crippen molar-refractivity contribution in [1.82, 2.24) is 4.98 Å². The largest absolute Gasteiger partial charge is 0.478 e. The molecule has 0 radical (unpaired) electrons. The highest BCUT2D eigenvalue weighted by Crippen LogP contribution is 2.27. The average molecular weight is 243 g/mol. The summed E-state index contributed by atoms with van der Waals surface area (Å²) in [5, 5.41) is 8.80. The number of carboxylic acid groups (broad SMARTS) is 1. The van der Waals surface area contributed by atoms with Crippen LogP contribution in [-0.2, 0) is 14.6 Å². The fourth-order valence-corrected chi connectivity index (χ4v) is 1.57. The molecule has 0 aliphatic heterocycles. The first-order valence-electron chi connectivity index (χ1n) is 4.55. The zero-order valence-corrected chi connectivity index (χ0v) is 10.1. The highest BCUT2D eigenvalue weighted by atomic mass is 32.2. The summed E-state index contributed by atoms with van der Waals surface area (Å²) in [4.78, 5) is 14.7. The van der Waals surface area contributed by atoms with Gasteiger partial charge in [-0.3, -0.25) is 4.98 Å². The van der Waals surface area contributed by atoms with Gasteiger partial charge in [0.2, 0.25) is 0 Å². The van der Waals surface area contributed by atoms with E-state index in [2.05, 4.69) is 4.98 Å². The summed E-state index contributed by atoms with van der Waals surface area (Å²) in [6, 6.07) is 2.60. The smallest absolute Gasteiger partial charge is 0.335 e. The van der Waals surface area contributed by atoms with Gasteiger partial charge < -0.3 is 5.11 Å². The molecule has 1 rings (SSSR count). The van der Waals surface area contributed by atoms with Crippen LogP contribution >= 0.6 is 0 Å². The van der Waals surface area contributed by atoms with Crippen molar-refractivity contribution in [2.75, 3.05) is 6.26 Å². The number of aromatic carboxylic acids is 1. The normalized spacial score (nSPS) is 12.4. The average Bonchev–Trinajstić information content (AvgIpc) is 2.16. The summed E-state index contributed by atoms with van der Waals surface area (Å²) in [7, 11) is -3.35. The van der Waals surface area contributed by atoms with Gasteiger partial charge in [-0.05, 0) is 26.0 Å². The minimum absolute atomic E-state index is 0.0294. The van der Waals surface area contributed by atoms with Crippen LogP contribution in [0.15, 0.2) is 18.3 Å². The molecule has 0 aliphatic rings. The van der Waals surface area contributed by atoms with E-state index in [-0.39, 0.29) is 11.3 Å². The molecule has 6 heteroatoms. The number of rotatable bonds is 3. The number of aromatic nitrogens is 1. The molecule has 5 nitrogen and oxygen atoms in total. The second-order valence-electron chi connectivity index (χ2n) is 4.02. The van der Waals surface area contributed by atoms with Crippen molar-refractivity contribution < 1.29 is 18.3 Å². The van der Waals surface area contributed by atoms with E-state index in [9.17, 15) is 13.2 Å². The van der Waals surface area contributed by atoms with Crippen molar-refractivity contribution in [3.8, 4) is 0 Å². The van der Waals surface area contributed by atoms with E-state index in [1.807, 2.05) is 0 Å². The van der Waals surface area contributed by atoms with Crippen LogP contribution in [0, 0.1) is 0 Å². The first-order chi connectivity index (χ1) is 7.16. The van der Waals surface area contributed by atoms with Crippen LogP contribution in [-0.4, -0.2) is 30.7 Å². The summed E-state index contributed by atoms with van der Waals surface area (Å²) >= 11 is 0. The second kappa shape index (κ2) is 3.86. The van der Waals surface area contributed by atoms with E-state index < -0.39 is 20.6 Å². The number of carboxylic acids is 1. The van der Waals surface area contributed by atoms with Crippen molar-refractivity contribution >= 4 is 15.8 Å². The minimum Gasteiger partial charge on any atom is -0.478 e. The van der Waals surface area contributed by atoms with Gasteiger partial charge in [0.25, 0.3) is 0 Å². The first kappa shape index (κ1) is 12.6. The molecule has 1 aromatic heterocycles. The quantitative estimate of drug-likeness (QED) is 0.858. The van der Waals surface area contributed by atoms with Crippen LogP contribution in [0.25, 0.3) is 0 Å². The molecule has 0 saturated heterocycles. The monoisotopic (exact) mass is 243 g/mol. The van der Waals surface area contributed by atoms with E-state index in [1.54, 1.807) is 0 Å². The third kappa shape index (κ3) is 2.21. The number of carbonyl (C=O) groups is 1. The summed E-state index contributed by atoms with van der Waals surface area (Å²) < 4.78 is 21.9. The van der Waals surface area contributed by atoms with Gasteiger partial charge in [-0.2, -0.15) is 0 Å². The van der Waals surface area contributed by atoms with Crippen LogP contribution in [0.1, 0.15) is 29.9 Å². The van der Waals surface area contributed by atoms with Gasteiger partial charge in [0.15, 0.2) is 9.84 Å². The van der Waals surface area contributed by atoms with Crippen molar-refractivity contribution in [3.05, 3.63) is 29.6 Å². The van der Waals surface area contributed by atoms with Gasteiger partial charge in [0.1, 0.15) is 4.75 Å². The molecule has 0 saturated carbocycles. The molecule has 16 heavy (non-hydrogen) atoms. The molecule has 0 atom stereocenters. The summed E-state index contributed by atoms with van der Waals surface area (Å²) in [5.74, 6) is -1.10. The van der Waals surface area contributed by atoms with E-state index in [4.69, 9.17) is 5.11 Å². The van der Waals surface area contributed by atoms with Crippen LogP contribution in [0.5, 0.6) is 0 Å². The van der Waals surface area contributed by atoms with Crippen molar-refractivity contribution in [3.63, 3.8) is 0 Å². The van der Waals surface area contributed by atoms with E-state index >= 15 is 0 Å². The Hall–Kier alpha value is -1.43. The number of hydrogen-bond donors (Lipinski definition) is 1. The molecule has 0 bridgehead atoms. The summed E-state index contributed by atoms with van der Waals surface area (Å²) in [6.07, 6.45) is 2.40. The molecule has 0 fully saturated rings. The fourth-order valence-electron chi connectivity index (χ4n) is 1.08. The van der Waals surface area contributed by atoms with Gasteiger partial charge in [0.05, 0.1) is 11.3 Å². The molecule has 0 aromatic carbocycles. The molecular weight excluding hydrogens is 230 g/mol. The van der Waals surface area contributed by atoms with Crippen molar-refractivity contribution in [2.24, 2.45) is 0 Å². The zero-order valence-electron chi connectivity index (χ0n) is 9.26. The Kier molecular flexibility index (Phi) is 3.05. The maximum atomic E-state index is 11.5. The van der Waals surface area contributed by atoms with Crippen molar-refractivity contribution in [1.29, 1.82) is 0 Å². The topological polar surface area (TPSA) is 84.3 Å². The van der Waals surface area contributed by atoms with Gasteiger partial charge in [0, 0.05) is 12.5 Å². The number of hydrogen-bond acceptors (Lipinski definition) is 4. The Morgan fingerprint density at radius 3 is 2.44 bits per heavy atom. The SMILES string of the molecule is CC(C)(c1cc(C(=O)O)ccn1)S(C)(=O)=O.